The molecule has 1 N–H and O–H groups in total. The van der Waals surface area contributed by atoms with Crippen molar-refractivity contribution in [1.82, 2.24) is 14.8 Å². The summed E-state index contributed by atoms with van der Waals surface area (Å²) in [4.78, 5) is 42.5. The number of ether oxygens (including phenoxy) is 2. The van der Waals surface area contributed by atoms with Crippen molar-refractivity contribution in [2.75, 3.05) is 45.2 Å². The molecule has 0 saturated carbocycles. The van der Waals surface area contributed by atoms with Crippen molar-refractivity contribution in [3.63, 3.8) is 0 Å². The van der Waals surface area contributed by atoms with Gasteiger partial charge in [-0.2, -0.15) is 0 Å². The number of methoxy groups -OCH3 is 1. The van der Waals surface area contributed by atoms with Crippen LogP contribution in [-0.2, 0) is 20.7 Å². The highest BCUT2D eigenvalue weighted by Crippen LogP contribution is 2.17. The van der Waals surface area contributed by atoms with Gasteiger partial charge in [-0.3, -0.25) is 10.1 Å². The Bertz CT molecular complexity index is 598. The molecule has 1 aromatic heterocycles. The number of hydrogen-bond donors (Lipinski definition) is 1. The van der Waals surface area contributed by atoms with E-state index in [0.29, 0.717) is 43.6 Å². The van der Waals surface area contributed by atoms with Crippen molar-refractivity contribution < 1.29 is 23.9 Å². The van der Waals surface area contributed by atoms with E-state index in [4.69, 9.17) is 4.74 Å². The van der Waals surface area contributed by atoms with Crippen LogP contribution >= 0.6 is 11.3 Å². The van der Waals surface area contributed by atoms with E-state index in [0.717, 1.165) is 0 Å². The maximum Gasteiger partial charge on any atom is 0.413 e. The Morgan fingerprint density at radius 3 is 2.54 bits per heavy atom. The number of piperazine rings is 1. The summed E-state index contributed by atoms with van der Waals surface area (Å²) in [5.74, 6) is -0.0616. The summed E-state index contributed by atoms with van der Waals surface area (Å²) < 4.78 is 9.43. The van der Waals surface area contributed by atoms with Crippen molar-refractivity contribution in [2.45, 2.75) is 13.3 Å². The fraction of sp³-hybridized carbons (Fsp3) is 0.571. The minimum Gasteiger partial charge on any atom is -0.453 e. The first-order chi connectivity index (χ1) is 11.5. The molecule has 10 heteroatoms. The summed E-state index contributed by atoms with van der Waals surface area (Å²) in [5.41, 5.74) is 0.587. The highest BCUT2D eigenvalue weighted by molar-refractivity contribution is 7.13. The van der Waals surface area contributed by atoms with Gasteiger partial charge < -0.3 is 19.3 Å². The van der Waals surface area contributed by atoms with Crippen LogP contribution in [0.5, 0.6) is 0 Å². The molecule has 0 spiro atoms. The Hall–Kier alpha value is -2.36. The van der Waals surface area contributed by atoms with Crippen molar-refractivity contribution in [1.29, 1.82) is 0 Å². The minimum absolute atomic E-state index is 0.0616. The molecule has 3 amide bonds. The van der Waals surface area contributed by atoms with Gasteiger partial charge in [-0.1, -0.05) is 0 Å². The molecular formula is C14H20N4O5S. The monoisotopic (exact) mass is 356 g/mol. The molecule has 2 heterocycles. The summed E-state index contributed by atoms with van der Waals surface area (Å²) in [6, 6.07) is 0. The third-order valence-electron chi connectivity index (χ3n) is 3.44. The molecule has 0 aromatic carbocycles. The molecule has 0 radical (unpaired) electrons. The van der Waals surface area contributed by atoms with Crippen LogP contribution in [0.4, 0.5) is 14.7 Å². The number of aromatic nitrogens is 1. The van der Waals surface area contributed by atoms with Crippen LogP contribution in [0.25, 0.3) is 0 Å². The lowest BCUT2D eigenvalue weighted by Crippen LogP contribution is -2.51. The summed E-state index contributed by atoms with van der Waals surface area (Å²) in [5, 5.41) is 4.56. The second kappa shape index (κ2) is 8.48. The Balaban J connectivity index is 1.81. The first-order valence-corrected chi connectivity index (χ1v) is 8.40. The van der Waals surface area contributed by atoms with Crippen LogP contribution in [-0.4, -0.2) is 72.8 Å². The number of nitrogens with one attached hydrogen (secondary N) is 1. The number of anilines is 1. The first-order valence-electron chi connectivity index (χ1n) is 7.52. The molecule has 9 nitrogen and oxygen atoms in total. The molecule has 24 heavy (non-hydrogen) atoms. The molecule has 0 aliphatic carbocycles. The molecule has 0 unspecified atom stereocenters. The topological polar surface area (TPSA) is 101 Å². The van der Waals surface area contributed by atoms with Crippen LogP contribution < -0.4 is 5.32 Å². The number of rotatable bonds is 4. The molecule has 0 atom stereocenters. The Morgan fingerprint density at radius 1 is 1.25 bits per heavy atom. The Kier molecular flexibility index (Phi) is 6.36. The fourth-order valence-corrected chi connectivity index (χ4v) is 2.90. The summed E-state index contributed by atoms with van der Waals surface area (Å²) in [7, 11) is 1.27. The highest BCUT2D eigenvalue weighted by Gasteiger charge is 2.25. The maximum absolute atomic E-state index is 12.3. The lowest BCUT2D eigenvalue weighted by Gasteiger charge is -2.34. The molecule has 1 fully saturated rings. The van der Waals surface area contributed by atoms with Gasteiger partial charge in [0.05, 0.1) is 25.8 Å². The van der Waals surface area contributed by atoms with E-state index in [9.17, 15) is 14.4 Å². The number of hydrogen-bond acceptors (Lipinski definition) is 7. The van der Waals surface area contributed by atoms with E-state index in [1.54, 1.807) is 22.1 Å². The van der Waals surface area contributed by atoms with Crippen LogP contribution in [0.3, 0.4) is 0 Å². The van der Waals surface area contributed by atoms with Gasteiger partial charge in [0, 0.05) is 31.6 Å². The van der Waals surface area contributed by atoms with E-state index in [2.05, 4.69) is 15.0 Å². The maximum atomic E-state index is 12.3. The van der Waals surface area contributed by atoms with Gasteiger partial charge in [0.1, 0.15) is 0 Å². The highest BCUT2D eigenvalue weighted by atomic mass is 32.1. The van der Waals surface area contributed by atoms with E-state index in [1.165, 1.54) is 18.4 Å². The Labute approximate surface area is 143 Å². The smallest absolute Gasteiger partial charge is 0.413 e. The Morgan fingerprint density at radius 2 is 1.92 bits per heavy atom. The zero-order chi connectivity index (χ0) is 17.5. The second-order valence-corrected chi connectivity index (χ2v) is 5.86. The van der Waals surface area contributed by atoms with Crippen molar-refractivity contribution in [2.24, 2.45) is 0 Å². The van der Waals surface area contributed by atoms with Crippen LogP contribution in [0.1, 0.15) is 12.6 Å². The normalized spacial score (nSPS) is 14.2. The van der Waals surface area contributed by atoms with Crippen LogP contribution in [0.2, 0.25) is 0 Å². The van der Waals surface area contributed by atoms with E-state index in [1.807, 2.05) is 0 Å². The quantitative estimate of drug-likeness (QED) is 0.869. The number of thiazole rings is 1. The number of carbonyl (C=O) groups excluding carboxylic acids is 3. The molecule has 132 valence electrons. The van der Waals surface area contributed by atoms with Gasteiger partial charge >= 0.3 is 12.2 Å². The molecule has 1 aliphatic rings. The van der Waals surface area contributed by atoms with Crippen molar-refractivity contribution >= 4 is 34.6 Å². The minimum atomic E-state index is -0.600. The molecule has 1 aromatic rings. The molecule has 1 aliphatic heterocycles. The predicted octanol–water partition coefficient (Wildman–Crippen LogP) is 1.16. The van der Waals surface area contributed by atoms with Crippen LogP contribution in [0.15, 0.2) is 5.38 Å². The summed E-state index contributed by atoms with van der Waals surface area (Å²) in [6.07, 6.45) is -0.793. The third kappa shape index (κ3) is 4.82. The standard InChI is InChI=1S/C14H20N4O5S/c1-3-23-14(21)18-6-4-17(5-7-18)11(19)8-10-9-24-12(15-10)16-13(20)22-2/h9H,3-8H2,1-2H3,(H,15,16,20). The average molecular weight is 356 g/mol. The number of nitrogens with zero attached hydrogens (tertiary/aromatic N) is 3. The lowest BCUT2D eigenvalue weighted by atomic mass is 10.2. The number of carbonyl (C=O) groups is 3. The van der Waals surface area contributed by atoms with Gasteiger partial charge in [0.25, 0.3) is 0 Å². The van der Waals surface area contributed by atoms with E-state index in [-0.39, 0.29) is 18.4 Å². The largest absolute Gasteiger partial charge is 0.453 e. The average Bonchev–Trinajstić information content (AvgIpc) is 3.01. The summed E-state index contributed by atoms with van der Waals surface area (Å²) >= 11 is 1.23. The van der Waals surface area contributed by atoms with E-state index >= 15 is 0 Å². The van der Waals surface area contributed by atoms with Crippen molar-refractivity contribution in [3.05, 3.63) is 11.1 Å². The van der Waals surface area contributed by atoms with Crippen LogP contribution in [0, 0.1) is 0 Å². The van der Waals surface area contributed by atoms with Gasteiger partial charge in [-0.15, -0.1) is 11.3 Å². The fourth-order valence-electron chi connectivity index (χ4n) is 2.20. The van der Waals surface area contributed by atoms with Gasteiger partial charge in [0.15, 0.2) is 5.13 Å². The SMILES string of the molecule is CCOC(=O)N1CCN(C(=O)Cc2csc(NC(=O)OC)n2)CC1. The molecule has 0 bridgehead atoms. The molecule has 2 rings (SSSR count). The van der Waals surface area contributed by atoms with Gasteiger partial charge in [0.2, 0.25) is 5.91 Å². The molecular weight excluding hydrogens is 336 g/mol. The van der Waals surface area contributed by atoms with Gasteiger partial charge in [-0.05, 0) is 6.92 Å². The zero-order valence-corrected chi connectivity index (χ0v) is 14.4. The first kappa shape index (κ1) is 18.0. The number of amides is 3. The predicted molar refractivity (Wildman–Crippen MR) is 87.0 cm³/mol. The van der Waals surface area contributed by atoms with Crippen molar-refractivity contribution in [3.8, 4) is 0 Å². The zero-order valence-electron chi connectivity index (χ0n) is 13.6. The molecule has 1 saturated heterocycles. The lowest BCUT2D eigenvalue weighted by molar-refractivity contribution is -0.132. The second-order valence-electron chi connectivity index (χ2n) is 5.00. The third-order valence-corrected chi connectivity index (χ3v) is 4.24. The van der Waals surface area contributed by atoms with E-state index < -0.39 is 6.09 Å². The summed E-state index contributed by atoms with van der Waals surface area (Å²) in [6.45, 7) is 3.94. The van der Waals surface area contributed by atoms with Gasteiger partial charge in [-0.25, -0.2) is 14.6 Å².